The van der Waals surface area contributed by atoms with Crippen molar-refractivity contribution in [3.63, 3.8) is 0 Å². The number of amides is 4. The number of hydrogen-bond donors (Lipinski definition) is 4. The lowest BCUT2D eigenvalue weighted by Crippen LogP contribution is -2.47. The van der Waals surface area contributed by atoms with Gasteiger partial charge in [0, 0.05) is 84.7 Å². The Labute approximate surface area is 405 Å². The summed E-state index contributed by atoms with van der Waals surface area (Å²) in [5.41, 5.74) is 5.43. The average Bonchev–Trinajstić information content (AvgIpc) is 3.36. The standard InChI is InChI=1S/C56H64N8O5/c1-40(63-33-26-42(27-34-63)36-41-14-5-4-6-15-41)54(43-20-22-46(65)23-21-43)60-32-10-3-2-9-31-59-51(66)28-35-64-55(68)48-19-13-18-47-50(25-24-49(53(47)48)56(64)69)61-52(67)39-62(37-44-16-7-11-29-57-44)38-45-17-8-12-30-58-45/h4-8,11-25,29-30,40,42,54,60,65H,2-3,9-10,26-28,31-39H2,1H3,(H,59,66)(H,61,67). The van der Waals surface area contributed by atoms with Crippen LogP contribution in [0.3, 0.4) is 0 Å². The lowest BCUT2D eigenvalue weighted by atomic mass is 9.88. The Bertz CT molecular complexity index is 2580. The fraction of sp³-hybridized carbons (Fsp3) is 0.357. The van der Waals surface area contributed by atoms with Gasteiger partial charge < -0.3 is 21.1 Å². The first-order valence-corrected chi connectivity index (χ1v) is 24.5. The van der Waals surface area contributed by atoms with E-state index in [-0.39, 0.29) is 43.1 Å². The topological polar surface area (TPSA) is 160 Å². The van der Waals surface area contributed by atoms with Crippen molar-refractivity contribution in [2.45, 2.75) is 83.5 Å². The Morgan fingerprint density at radius 3 is 2.04 bits per heavy atom. The average molecular weight is 929 g/mol. The number of pyridine rings is 2. The number of benzene rings is 4. The number of likely N-dealkylation sites (tertiary alicyclic amines) is 1. The van der Waals surface area contributed by atoms with Crippen molar-refractivity contribution >= 4 is 40.1 Å². The van der Waals surface area contributed by atoms with E-state index in [2.05, 4.69) is 68.1 Å². The molecular formula is C56H64N8O5. The van der Waals surface area contributed by atoms with Crippen LogP contribution in [0.2, 0.25) is 0 Å². The zero-order valence-electron chi connectivity index (χ0n) is 39.6. The third-order valence-electron chi connectivity index (χ3n) is 13.5. The summed E-state index contributed by atoms with van der Waals surface area (Å²) in [6, 6.07) is 38.7. The van der Waals surface area contributed by atoms with Gasteiger partial charge in [0.25, 0.3) is 11.8 Å². The number of carbonyl (C=O) groups excluding carboxylic acids is 4. The normalized spacial score (nSPS) is 15.1. The maximum atomic E-state index is 13.8. The van der Waals surface area contributed by atoms with E-state index in [0.29, 0.717) is 59.2 Å². The number of nitrogens with one attached hydrogen (secondary N) is 3. The minimum atomic E-state index is -0.467. The van der Waals surface area contributed by atoms with E-state index in [1.807, 2.05) is 53.4 Å². The zero-order chi connectivity index (χ0) is 48.0. The fourth-order valence-corrected chi connectivity index (χ4v) is 9.82. The maximum Gasteiger partial charge on any atom is 0.261 e. The summed E-state index contributed by atoms with van der Waals surface area (Å²) in [6.45, 7) is 6.71. The highest BCUT2D eigenvalue weighted by atomic mass is 16.3. The molecule has 2 unspecified atom stereocenters. The summed E-state index contributed by atoms with van der Waals surface area (Å²) in [5, 5.41) is 20.9. The van der Waals surface area contributed by atoms with E-state index in [1.54, 1.807) is 54.9 Å². The molecule has 13 heteroatoms. The molecule has 0 saturated carbocycles. The minimum Gasteiger partial charge on any atom is -0.508 e. The van der Waals surface area contributed by atoms with Gasteiger partial charge in [-0.3, -0.25) is 43.8 Å². The van der Waals surface area contributed by atoms with E-state index in [0.717, 1.165) is 68.0 Å². The van der Waals surface area contributed by atoms with E-state index >= 15 is 0 Å². The monoisotopic (exact) mass is 928 g/mol. The molecule has 8 rings (SSSR count). The van der Waals surface area contributed by atoms with Crippen LogP contribution >= 0.6 is 0 Å². The third kappa shape index (κ3) is 13.1. The molecule has 13 nitrogen and oxygen atoms in total. The quantitative estimate of drug-likeness (QED) is 0.0364. The predicted molar refractivity (Wildman–Crippen MR) is 269 cm³/mol. The number of hydrogen-bond acceptors (Lipinski definition) is 10. The van der Waals surface area contributed by atoms with Gasteiger partial charge in [0.05, 0.1) is 17.9 Å². The number of phenolic OH excluding ortho intramolecular Hbond substituents is 1. The molecule has 0 aliphatic carbocycles. The van der Waals surface area contributed by atoms with Crippen molar-refractivity contribution in [3.05, 3.63) is 167 Å². The van der Waals surface area contributed by atoms with Crippen molar-refractivity contribution in [1.29, 1.82) is 0 Å². The predicted octanol–water partition coefficient (Wildman–Crippen LogP) is 8.31. The number of phenols is 1. The van der Waals surface area contributed by atoms with Crippen LogP contribution in [-0.2, 0) is 29.1 Å². The second kappa shape index (κ2) is 24.0. The summed E-state index contributed by atoms with van der Waals surface area (Å²) in [6.07, 6.45) is 10.7. The summed E-state index contributed by atoms with van der Waals surface area (Å²) >= 11 is 0. The molecule has 4 heterocycles. The van der Waals surface area contributed by atoms with Crippen LogP contribution < -0.4 is 16.0 Å². The number of carbonyl (C=O) groups is 4. The second-order valence-corrected chi connectivity index (χ2v) is 18.4. The molecule has 1 fully saturated rings. The first kappa shape index (κ1) is 48.6. The molecule has 2 aliphatic rings. The Balaban J connectivity index is 0.770. The van der Waals surface area contributed by atoms with E-state index in [1.165, 1.54) is 24.0 Å². The number of rotatable bonds is 23. The van der Waals surface area contributed by atoms with Crippen LogP contribution in [0.1, 0.15) is 101 Å². The number of anilines is 1. The number of nitrogens with zero attached hydrogens (tertiary/aromatic N) is 5. The Morgan fingerprint density at radius 1 is 0.725 bits per heavy atom. The Kier molecular flexibility index (Phi) is 16.9. The smallest absolute Gasteiger partial charge is 0.261 e. The van der Waals surface area contributed by atoms with Crippen LogP contribution in [0.15, 0.2) is 134 Å². The second-order valence-electron chi connectivity index (χ2n) is 18.4. The van der Waals surface area contributed by atoms with Crippen LogP contribution in [0.25, 0.3) is 10.8 Å². The molecule has 0 spiro atoms. The van der Waals surface area contributed by atoms with Gasteiger partial charge in [-0.2, -0.15) is 0 Å². The molecule has 2 atom stereocenters. The molecule has 2 aromatic heterocycles. The van der Waals surface area contributed by atoms with Crippen LogP contribution in [-0.4, -0.2) is 98.7 Å². The van der Waals surface area contributed by atoms with Gasteiger partial charge in [-0.1, -0.05) is 79.6 Å². The Morgan fingerprint density at radius 2 is 1.38 bits per heavy atom. The summed E-state index contributed by atoms with van der Waals surface area (Å²) in [7, 11) is 0. The third-order valence-corrected chi connectivity index (χ3v) is 13.5. The summed E-state index contributed by atoms with van der Waals surface area (Å²) in [4.78, 5) is 68.8. The Hall–Kier alpha value is -6.80. The van der Waals surface area contributed by atoms with Gasteiger partial charge in [0.1, 0.15) is 5.75 Å². The lowest BCUT2D eigenvalue weighted by Gasteiger charge is -2.40. The SMILES string of the molecule is CC(C(NCCCCCCNC(=O)CCN1C(=O)c2cccc3c(NC(=O)CN(Cc4ccccn4)Cc4ccccn4)ccc(c23)C1=O)c1ccc(O)cc1)N1CCC(Cc2ccccc2)CC1. The van der Waals surface area contributed by atoms with E-state index in [4.69, 9.17) is 0 Å². The van der Waals surface area contributed by atoms with Gasteiger partial charge in [-0.05, 0) is 130 Å². The first-order valence-electron chi connectivity index (χ1n) is 24.5. The molecule has 0 radical (unpaired) electrons. The van der Waals surface area contributed by atoms with Gasteiger partial charge >= 0.3 is 0 Å². The summed E-state index contributed by atoms with van der Waals surface area (Å²) in [5.74, 6) is -0.439. The zero-order valence-corrected chi connectivity index (χ0v) is 39.6. The van der Waals surface area contributed by atoms with Crippen molar-refractivity contribution in [2.75, 3.05) is 44.6 Å². The molecule has 358 valence electrons. The largest absolute Gasteiger partial charge is 0.508 e. The number of imide groups is 1. The van der Waals surface area contributed by atoms with Crippen molar-refractivity contribution in [2.24, 2.45) is 5.92 Å². The fourth-order valence-electron chi connectivity index (χ4n) is 9.82. The number of unbranched alkanes of at least 4 members (excludes halogenated alkanes) is 3. The van der Waals surface area contributed by atoms with Crippen molar-refractivity contribution in [3.8, 4) is 5.75 Å². The molecule has 0 bridgehead atoms. The van der Waals surface area contributed by atoms with Gasteiger partial charge in [0.15, 0.2) is 0 Å². The van der Waals surface area contributed by atoms with Crippen LogP contribution in [0.4, 0.5) is 5.69 Å². The number of piperidine rings is 1. The molecule has 1 saturated heterocycles. The lowest BCUT2D eigenvalue weighted by molar-refractivity contribution is -0.121. The van der Waals surface area contributed by atoms with Crippen LogP contribution in [0, 0.1) is 5.92 Å². The molecular weight excluding hydrogens is 865 g/mol. The summed E-state index contributed by atoms with van der Waals surface area (Å²) < 4.78 is 0. The van der Waals surface area contributed by atoms with Crippen LogP contribution in [0.5, 0.6) is 5.75 Å². The van der Waals surface area contributed by atoms with Crippen molar-refractivity contribution < 1.29 is 24.3 Å². The molecule has 4 N–H and O–H groups in total. The molecule has 69 heavy (non-hydrogen) atoms. The molecule has 2 aliphatic heterocycles. The van der Waals surface area contributed by atoms with Gasteiger partial charge in [-0.15, -0.1) is 0 Å². The molecule has 6 aromatic rings. The van der Waals surface area contributed by atoms with E-state index in [9.17, 15) is 24.3 Å². The van der Waals surface area contributed by atoms with Gasteiger partial charge in [0.2, 0.25) is 11.8 Å². The molecule has 4 aromatic carbocycles. The van der Waals surface area contributed by atoms with Gasteiger partial charge in [-0.25, -0.2) is 0 Å². The highest BCUT2D eigenvalue weighted by molar-refractivity contribution is 6.27. The maximum absolute atomic E-state index is 13.8. The highest BCUT2D eigenvalue weighted by Crippen LogP contribution is 2.35. The first-order chi connectivity index (χ1) is 33.7. The van der Waals surface area contributed by atoms with E-state index < -0.39 is 11.8 Å². The number of aromatic nitrogens is 2. The highest BCUT2D eigenvalue weighted by Gasteiger charge is 2.34. The minimum absolute atomic E-state index is 0.00408. The molecule has 4 amide bonds. The number of aromatic hydroxyl groups is 1. The van der Waals surface area contributed by atoms with Crippen molar-refractivity contribution in [1.82, 2.24) is 35.3 Å².